The van der Waals surface area contributed by atoms with Gasteiger partial charge < -0.3 is 10.1 Å². The Morgan fingerprint density at radius 1 is 1.00 bits per heavy atom. The van der Waals surface area contributed by atoms with Gasteiger partial charge in [0.25, 0.3) is 0 Å². The lowest BCUT2D eigenvalue weighted by atomic mass is 10.0. The van der Waals surface area contributed by atoms with Crippen molar-refractivity contribution in [3.63, 3.8) is 0 Å². The summed E-state index contributed by atoms with van der Waals surface area (Å²) in [5.74, 6) is 0.932. The topological polar surface area (TPSA) is 34.1 Å². The first-order chi connectivity index (χ1) is 12.4. The van der Waals surface area contributed by atoms with Crippen LogP contribution in [0.4, 0.5) is 5.69 Å². The summed E-state index contributed by atoms with van der Waals surface area (Å²) in [6.45, 7) is 11.1. The minimum atomic E-state index is 0.553. The fourth-order valence-corrected chi connectivity index (χ4v) is 4.09. The van der Waals surface area contributed by atoms with Crippen LogP contribution in [0.5, 0.6) is 5.75 Å². The zero-order chi connectivity index (χ0) is 18.8. The summed E-state index contributed by atoms with van der Waals surface area (Å²) < 4.78 is 6.20. The van der Waals surface area contributed by atoms with Crippen LogP contribution in [0, 0.1) is 34.6 Å². The molecule has 0 aliphatic rings. The predicted molar refractivity (Wildman–Crippen MR) is 112 cm³/mol. The Morgan fingerprint density at radius 3 is 2.42 bits per heavy atom. The van der Waals surface area contributed by atoms with Crippen molar-refractivity contribution in [2.24, 2.45) is 0 Å². The number of anilines is 1. The summed E-state index contributed by atoms with van der Waals surface area (Å²) in [5.41, 5.74) is 8.16. The first kappa shape index (κ1) is 18.5. The molecule has 0 saturated heterocycles. The Morgan fingerprint density at radius 2 is 1.77 bits per heavy atom. The molecule has 3 rings (SSSR count). The number of nitrogens with zero attached hydrogens (tertiary/aromatic N) is 1. The van der Waals surface area contributed by atoms with Gasteiger partial charge >= 0.3 is 0 Å². The van der Waals surface area contributed by atoms with Crippen molar-refractivity contribution in [2.45, 2.75) is 41.2 Å². The van der Waals surface area contributed by atoms with E-state index in [0.717, 1.165) is 27.7 Å². The Kier molecular flexibility index (Phi) is 5.33. The highest BCUT2D eigenvalue weighted by Gasteiger charge is 2.14. The molecule has 0 atom stereocenters. The number of benzene rings is 2. The predicted octanol–water partition coefficient (Wildman–Crippen LogP) is 5.97. The molecule has 0 aliphatic heterocycles. The van der Waals surface area contributed by atoms with Crippen LogP contribution in [-0.4, -0.2) is 12.0 Å². The zero-order valence-electron chi connectivity index (χ0n) is 16.4. The lowest BCUT2D eigenvalue weighted by Crippen LogP contribution is -2.04. The van der Waals surface area contributed by atoms with Gasteiger partial charge in [-0.25, -0.2) is 4.98 Å². The monoisotopic (exact) mass is 366 g/mol. The molecule has 3 nitrogen and oxygen atoms in total. The van der Waals surface area contributed by atoms with E-state index < -0.39 is 0 Å². The van der Waals surface area contributed by atoms with Gasteiger partial charge in [-0.15, -0.1) is 11.3 Å². The average molecular weight is 367 g/mol. The molecule has 0 unspecified atom stereocenters. The highest BCUT2D eigenvalue weighted by atomic mass is 32.1. The van der Waals surface area contributed by atoms with Gasteiger partial charge in [0.15, 0.2) is 0 Å². The Labute approximate surface area is 160 Å². The standard InChI is InChI=1S/C22H26N2OS/c1-13-8-7-9-20(23-6)19(13)12-25-21-11-14(2)18(10-15(21)3)22-16(4)26-17(5)24-22/h7-11,23H,12H2,1-6H3. The molecule has 0 bridgehead atoms. The molecule has 0 saturated carbocycles. The molecule has 136 valence electrons. The number of ether oxygens (including phenoxy) is 1. The van der Waals surface area contributed by atoms with Crippen molar-refractivity contribution >= 4 is 17.0 Å². The van der Waals surface area contributed by atoms with E-state index in [9.17, 15) is 0 Å². The number of thiazole rings is 1. The fraction of sp³-hybridized carbons (Fsp3) is 0.318. The van der Waals surface area contributed by atoms with Gasteiger partial charge in [0.2, 0.25) is 0 Å². The first-order valence-electron chi connectivity index (χ1n) is 8.85. The van der Waals surface area contributed by atoms with Gasteiger partial charge in [-0.3, -0.25) is 0 Å². The van der Waals surface area contributed by atoms with Crippen molar-refractivity contribution in [3.8, 4) is 17.0 Å². The van der Waals surface area contributed by atoms with Crippen LogP contribution in [-0.2, 0) is 6.61 Å². The summed E-state index contributed by atoms with van der Waals surface area (Å²) in [5, 5.41) is 4.36. The van der Waals surface area contributed by atoms with Gasteiger partial charge in [-0.1, -0.05) is 12.1 Å². The van der Waals surface area contributed by atoms with E-state index >= 15 is 0 Å². The van der Waals surface area contributed by atoms with Crippen molar-refractivity contribution in [2.75, 3.05) is 12.4 Å². The lowest BCUT2D eigenvalue weighted by Gasteiger charge is -2.16. The molecule has 26 heavy (non-hydrogen) atoms. The molecule has 0 spiro atoms. The third-order valence-corrected chi connectivity index (χ3v) is 5.62. The van der Waals surface area contributed by atoms with E-state index in [1.54, 1.807) is 11.3 Å². The van der Waals surface area contributed by atoms with Gasteiger partial charge in [-0.05, 0) is 69.5 Å². The molecular formula is C22H26N2OS. The van der Waals surface area contributed by atoms with Crippen LogP contribution in [0.25, 0.3) is 11.3 Å². The minimum absolute atomic E-state index is 0.553. The summed E-state index contributed by atoms with van der Waals surface area (Å²) >= 11 is 1.75. The summed E-state index contributed by atoms with van der Waals surface area (Å²) in [6, 6.07) is 10.6. The number of aromatic nitrogens is 1. The molecule has 1 aromatic heterocycles. The third kappa shape index (κ3) is 3.61. The van der Waals surface area contributed by atoms with Crippen LogP contribution in [0.2, 0.25) is 0 Å². The maximum Gasteiger partial charge on any atom is 0.123 e. The zero-order valence-corrected chi connectivity index (χ0v) is 17.2. The van der Waals surface area contributed by atoms with E-state index in [-0.39, 0.29) is 0 Å². The van der Waals surface area contributed by atoms with Crippen molar-refractivity contribution < 1.29 is 4.74 Å². The second-order valence-electron chi connectivity index (χ2n) is 6.71. The first-order valence-corrected chi connectivity index (χ1v) is 9.67. The van der Waals surface area contributed by atoms with Gasteiger partial charge in [0.1, 0.15) is 12.4 Å². The number of hydrogen-bond acceptors (Lipinski definition) is 4. The number of hydrogen-bond donors (Lipinski definition) is 1. The summed E-state index contributed by atoms with van der Waals surface area (Å²) in [6.07, 6.45) is 0. The molecular weight excluding hydrogens is 340 g/mol. The molecule has 0 radical (unpaired) electrons. The van der Waals surface area contributed by atoms with E-state index in [1.807, 2.05) is 7.05 Å². The smallest absolute Gasteiger partial charge is 0.123 e. The van der Waals surface area contributed by atoms with Crippen molar-refractivity contribution in [1.82, 2.24) is 4.98 Å². The number of nitrogens with one attached hydrogen (secondary N) is 1. The Balaban J connectivity index is 1.89. The largest absolute Gasteiger partial charge is 0.489 e. The number of rotatable bonds is 5. The molecule has 2 aromatic carbocycles. The molecule has 0 fully saturated rings. The van der Waals surface area contributed by atoms with Gasteiger partial charge in [0.05, 0.1) is 10.7 Å². The number of aryl methyl sites for hydroxylation is 5. The molecule has 0 amide bonds. The van der Waals surface area contributed by atoms with Gasteiger partial charge in [-0.2, -0.15) is 0 Å². The van der Waals surface area contributed by atoms with Crippen LogP contribution >= 0.6 is 11.3 Å². The van der Waals surface area contributed by atoms with Crippen LogP contribution < -0.4 is 10.1 Å². The fourth-order valence-electron chi connectivity index (χ4n) is 3.26. The molecule has 0 aliphatic carbocycles. The lowest BCUT2D eigenvalue weighted by molar-refractivity contribution is 0.304. The summed E-state index contributed by atoms with van der Waals surface area (Å²) in [4.78, 5) is 5.97. The average Bonchev–Trinajstić information content (AvgIpc) is 2.94. The van der Waals surface area contributed by atoms with E-state index in [0.29, 0.717) is 6.61 Å². The molecule has 1 heterocycles. The van der Waals surface area contributed by atoms with Gasteiger partial charge in [0, 0.05) is 28.7 Å². The van der Waals surface area contributed by atoms with E-state index in [1.165, 1.54) is 27.1 Å². The second kappa shape index (κ2) is 7.50. The SMILES string of the molecule is CNc1cccc(C)c1COc1cc(C)c(-c2nc(C)sc2C)cc1C. The maximum absolute atomic E-state index is 6.20. The molecule has 4 heteroatoms. The van der Waals surface area contributed by atoms with Crippen LogP contribution in [0.1, 0.15) is 32.1 Å². The Bertz CT molecular complexity index is 944. The normalized spacial score (nSPS) is 10.8. The highest BCUT2D eigenvalue weighted by molar-refractivity contribution is 7.11. The second-order valence-corrected chi connectivity index (χ2v) is 8.12. The molecule has 3 aromatic rings. The Hall–Kier alpha value is -2.33. The highest BCUT2D eigenvalue weighted by Crippen LogP contribution is 2.34. The quantitative estimate of drug-likeness (QED) is 0.604. The van der Waals surface area contributed by atoms with Crippen LogP contribution in [0.15, 0.2) is 30.3 Å². The van der Waals surface area contributed by atoms with Crippen molar-refractivity contribution in [3.05, 3.63) is 62.5 Å². The molecule has 1 N–H and O–H groups in total. The third-order valence-electron chi connectivity index (χ3n) is 4.73. The maximum atomic E-state index is 6.20. The van der Waals surface area contributed by atoms with E-state index in [4.69, 9.17) is 9.72 Å². The van der Waals surface area contributed by atoms with Crippen molar-refractivity contribution in [1.29, 1.82) is 0 Å². The van der Waals surface area contributed by atoms with Crippen LogP contribution in [0.3, 0.4) is 0 Å². The van der Waals surface area contributed by atoms with E-state index in [2.05, 4.69) is 70.3 Å². The summed E-state index contributed by atoms with van der Waals surface area (Å²) in [7, 11) is 1.95. The minimum Gasteiger partial charge on any atom is -0.489 e.